The fourth-order valence-corrected chi connectivity index (χ4v) is 4.00. The molecule has 2 heterocycles. The maximum Gasteiger partial charge on any atom is 0.193 e. The molecule has 0 amide bonds. The van der Waals surface area contributed by atoms with Crippen LogP contribution in [-0.4, -0.2) is 75.4 Å². The van der Waals surface area contributed by atoms with Gasteiger partial charge in [0.05, 0.1) is 19.8 Å². The predicted molar refractivity (Wildman–Crippen MR) is 118 cm³/mol. The Hall–Kier alpha value is -1.63. The molecule has 2 aliphatic heterocycles. The zero-order valence-electron chi connectivity index (χ0n) is 18.2. The van der Waals surface area contributed by atoms with Crippen LogP contribution in [0.1, 0.15) is 37.3 Å². The van der Waals surface area contributed by atoms with Crippen molar-refractivity contribution in [1.82, 2.24) is 15.1 Å². The first-order valence-electron chi connectivity index (χ1n) is 11.2. The van der Waals surface area contributed by atoms with Gasteiger partial charge in [0.2, 0.25) is 0 Å². The zero-order valence-corrected chi connectivity index (χ0v) is 18.2. The summed E-state index contributed by atoms with van der Waals surface area (Å²) in [7, 11) is 2.15. The van der Waals surface area contributed by atoms with E-state index in [2.05, 4.69) is 53.4 Å². The third-order valence-electron chi connectivity index (χ3n) is 5.82. The molecule has 2 fully saturated rings. The summed E-state index contributed by atoms with van der Waals surface area (Å²) in [6.45, 7) is 11.3. The van der Waals surface area contributed by atoms with Crippen molar-refractivity contribution in [2.45, 2.75) is 39.3 Å². The molecular weight excluding hydrogens is 364 g/mol. The Morgan fingerprint density at radius 2 is 1.86 bits per heavy atom. The van der Waals surface area contributed by atoms with Gasteiger partial charge in [-0.05, 0) is 43.2 Å². The van der Waals surface area contributed by atoms with Crippen molar-refractivity contribution in [3.63, 3.8) is 0 Å². The fraction of sp³-hybridized carbons (Fsp3) is 0.696. The molecule has 6 heteroatoms. The molecule has 2 saturated heterocycles. The molecule has 0 aromatic heterocycles. The number of benzene rings is 1. The quantitative estimate of drug-likeness (QED) is 0.535. The molecule has 1 N–H and O–H groups in total. The van der Waals surface area contributed by atoms with E-state index in [1.807, 2.05) is 0 Å². The van der Waals surface area contributed by atoms with Crippen LogP contribution in [0.2, 0.25) is 0 Å². The average Bonchev–Trinajstić information content (AvgIpc) is 2.76. The third-order valence-corrected chi connectivity index (χ3v) is 5.82. The summed E-state index contributed by atoms with van der Waals surface area (Å²) in [4.78, 5) is 9.64. The topological polar surface area (TPSA) is 49.3 Å². The molecule has 6 nitrogen and oxygen atoms in total. The van der Waals surface area contributed by atoms with Crippen LogP contribution in [0, 0.1) is 5.92 Å². The molecule has 0 aliphatic carbocycles. The summed E-state index contributed by atoms with van der Waals surface area (Å²) in [5.41, 5.74) is 2.63. The Morgan fingerprint density at radius 1 is 1.14 bits per heavy atom. The maximum atomic E-state index is 5.48. The molecular formula is C23H38N4O2. The number of aliphatic imine (C=N–C) groups is 1. The molecule has 162 valence electrons. The second-order valence-corrected chi connectivity index (χ2v) is 8.14. The van der Waals surface area contributed by atoms with Crippen LogP contribution in [0.3, 0.4) is 0 Å². The van der Waals surface area contributed by atoms with Crippen molar-refractivity contribution in [2.24, 2.45) is 10.9 Å². The highest BCUT2D eigenvalue weighted by Crippen LogP contribution is 2.18. The molecule has 0 unspecified atom stereocenters. The highest BCUT2D eigenvalue weighted by Gasteiger charge is 2.15. The highest BCUT2D eigenvalue weighted by atomic mass is 16.5. The van der Waals surface area contributed by atoms with Crippen LogP contribution in [0.4, 0.5) is 0 Å². The van der Waals surface area contributed by atoms with E-state index >= 15 is 0 Å². The lowest BCUT2D eigenvalue weighted by molar-refractivity contribution is 0.0342. The van der Waals surface area contributed by atoms with E-state index < -0.39 is 0 Å². The van der Waals surface area contributed by atoms with E-state index in [0.29, 0.717) is 6.54 Å². The SMILES string of the molecule is CCNC(=NCc1cccc(CN2CCOCC2)c1)N(C)CCC1CCOCC1. The molecule has 0 spiro atoms. The van der Waals surface area contributed by atoms with Gasteiger partial charge in [0.1, 0.15) is 0 Å². The van der Waals surface area contributed by atoms with E-state index in [-0.39, 0.29) is 0 Å². The first kappa shape index (κ1) is 22.1. The summed E-state index contributed by atoms with van der Waals surface area (Å²) in [5, 5.41) is 3.45. The molecule has 0 atom stereocenters. The fourth-order valence-electron chi connectivity index (χ4n) is 4.00. The number of guanidine groups is 1. The number of nitrogens with zero attached hydrogens (tertiary/aromatic N) is 3. The summed E-state index contributed by atoms with van der Waals surface area (Å²) in [6.07, 6.45) is 3.59. The van der Waals surface area contributed by atoms with Gasteiger partial charge in [-0.2, -0.15) is 0 Å². The molecule has 3 rings (SSSR count). The number of nitrogens with one attached hydrogen (secondary N) is 1. The normalized spacial score (nSPS) is 19.3. The maximum absolute atomic E-state index is 5.48. The summed E-state index contributed by atoms with van der Waals surface area (Å²) in [5.74, 6) is 1.78. The lowest BCUT2D eigenvalue weighted by Gasteiger charge is -2.27. The van der Waals surface area contributed by atoms with Crippen LogP contribution < -0.4 is 5.32 Å². The standard InChI is InChI=1S/C23H38N4O2/c1-3-24-23(26(2)10-7-20-8-13-28-14-9-20)25-18-21-5-4-6-22(17-21)19-27-11-15-29-16-12-27/h4-6,17,20H,3,7-16,18-19H2,1-2H3,(H,24,25). The molecule has 29 heavy (non-hydrogen) atoms. The van der Waals surface area contributed by atoms with Gasteiger partial charge in [-0.1, -0.05) is 24.3 Å². The van der Waals surface area contributed by atoms with Gasteiger partial charge in [-0.3, -0.25) is 4.90 Å². The first-order valence-corrected chi connectivity index (χ1v) is 11.2. The molecule has 0 saturated carbocycles. The van der Waals surface area contributed by atoms with Crippen molar-refractivity contribution >= 4 is 5.96 Å². The summed E-state index contributed by atoms with van der Waals surface area (Å²) >= 11 is 0. The third kappa shape index (κ3) is 7.61. The Morgan fingerprint density at radius 3 is 2.62 bits per heavy atom. The average molecular weight is 403 g/mol. The second kappa shape index (κ2) is 12.2. The van der Waals surface area contributed by atoms with Gasteiger partial charge in [-0.25, -0.2) is 4.99 Å². The minimum atomic E-state index is 0.709. The van der Waals surface area contributed by atoms with E-state index in [1.54, 1.807) is 0 Å². The predicted octanol–water partition coefficient (Wildman–Crippen LogP) is 2.73. The molecule has 0 bridgehead atoms. The smallest absolute Gasteiger partial charge is 0.193 e. The van der Waals surface area contributed by atoms with Crippen molar-refractivity contribution in [3.05, 3.63) is 35.4 Å². The largest absolute Gasteiger partial charge is 0.381 e. The van der Waals surface area contributed by atoms with Crippen molar-refractivity contribution < 1.29 is 9.47 Å². The van der Waals surface area contributed by atoms with Crippen LogP contribution >= 0.6 is 0 Å². The molecule has 1 aromatic carbocycles. The summed E-state index contributed by atoms with van der Waals surface area (Å²) in [6, 6.07) is 8.85. The lowest BCUT2D eigenvalue weighted by atomic mass is 9.96. The molecule has 1 aromatic rings. The van der Waals surface area contributed by atoms with Crippen molar-refractivity contribution in [1.29, 1.82) is 0 Å². The van der Waals surface area contributed by atoms with Gasteiger partial charge in [0.15, 0.2) is 5.96 Å². The monoisotopic (exact) mass is 402 g/mol. The molecule has 2 aliphatic rings. The Bertz CT molecular complexity index is 625. The van der Waals surface area contributed by atoms with E-state index in [4.69, 9.17) is 14.5 Å². The number of ether oxygens (including phenoxy) is 2. The second-order valence-electron chi connectivity index (χ2n) is 8.14. The Balaban J connectivity index is 1.53. The Kier molecular flexibility index (Phi) is 9.25. The van der Waals surface area contributed by atoms with E-state index in [0.717, 1.165) is 71.0 Å². The van der Waals surface area contributed by atoms with Crippen LogP contribution in [-0.2, 0) is 22.6 Å². The zero-order chi connectivity index (χ0) is 20.3. The van der Waals surface area contributed by atoms with Gasteiger partial charge in [0.25, 0.3) is 0 Å². The van der Waals surface area contributed by atoms with Crippen LogP contribution in [0.5, 0.6) is 0 Å². The minimum absolute atomic E-state index is 0.709. The van der Waals surface area contributed by atoms with Gasteiger partial charge in [-0.15, -0.1) is 0 Å². The van der Waals surface area contributed by atoms with Gasteiger partial charge >= 0.3 is 0 Å². The van der Waals surface area contributed by atoms with Crippen molar-refractivity contribution in [2.75, 3.05) is 59.7 Å². The minimum Gasteiger partial charge on any atom is -0.381 e. The Labute approximate surface area is 176 Å². The first-order chi connectivity index (χ1) is 14.2. The number of hydrogen-bond donors (Lipinski definition) is 1. The van der Waals surface area contributed by atoms with Gasteiger partial charge < -0.3 is 19.7 Å². The lowest BCUT2D eigenvalue weighted by Crippen LogP contribution is -2.40. The van der Waals surface area contributed by atoms with Gasteiger partial charge in [0, 0.05) is 53.0 Å². The van der Waals surface area contributed by atoms with Crippen LogP contribution in [0.25, 0.3) is 0 Å². The molecule has 0 radical (unpaired) electrons. The summed E-state index contributed by atoms with van der Waals surface area (Å²) < 4.78 is 10.9. The van der Waals surface area contributed by atoms with E-state index in [1.165, 1.54) is 30.4 Å². The highest BCUT2D eigenvalue weighted by molar-refractivity contribution is 5.79. The van der Waals surface area contributed by atoms with Crippen molar-refractivity contribution in [3.8, 4) is 0 Å². The van der Waals surface area contributed by atoms with Crippen LogP contribution in [0.15, 0.2) is 29.3 Å². The van der Waals surface area contributed by atoms with E-state index in [9.17, 15) is 0 Å². The number of rotatable bonds is 8. The number of hydrogen-bond acceptors (Lipinski definition) is 4. The number of morpholine rings is 1.